The van der Waals surface area contributed by atoms with Gasteiger partial charge in [-0.05, 0) is 93.3 Å². The van der Waals surface area contributed by atoms with Gasteiger partial charge in [0.1, 0.15) is 0 Å². The van der Waals surface area contributed by atoms with Crippen LogP contribution in [0, 0.1) is 29.1 Å². The van der Waals surface area contributed by atoms with Crippen molar-refractivity contribution in [3.8, 4) is 0 Å². The third-order valence-electron chi connectivity index (χ3n) is 10.0. The van der Waals surface area contributed by atoms with Crippen molar-refractivity contribution in [1.82, 2.24) is 15.1 Å². The largest absolute Gasteiger partial charge is 0.345 e. The lowest BCUT2D eigenvalue weighted by Gasteiger charge is -2.35. The summed E-state index contributed by atoms with van der Waals surface area (Å²) in [5.41, 5.74) is 3.84. The topological polar surface area (TPSA) is 46.9 Å². The number of carbonyl (C=O) groups excluding carboxylic acids is 1. The van der Waals surface area contributed by atoms with E-state index in [1.807, 2.05) is 0 Å². The van der Waals surface area contributed by atoms with Crippen LogP contribution in [-0.2, 0) is 12.8 Å². The standard InChI is InChI=1S/C27H41N3O/c1-26(2,3)19-9-10-23-22(14-19)24(29-30(23)21-7-5-4-6-8-21)25(31)28-27-15-17-11-18(16-27)13-20(27)12-17/h17-21H,4-16H2,1-3H3,(H,28,31). The average Bonchev–Trinajstić information content (AvgIpc) is 3.31. The molecule has 4 heteroatoms. The molecule has 0 saturated heterocycles. The average molecular weight is 424 g/mol. The molecule has 31 heavy (non-hydrogen) atoms. The number of carbonyl (C=O) groups is 1. The second-order valence-corrected chi connectivity index (χ2v) is 13.0. The summed E-state index contributed by atoms with van der Waals surface area (Å²) >= 11 is 0. The SMILES string of the molecule is CC(C)(C)C1CCc2c(c(C(=O)NC34CC5CC(CC3C5)C4)nn2C2CCCCC2)C1. The Hall–Kier alpha value is -1.32. The molecule has 1 aromatic heterocycles. The Morgan fingerprint density at radius 1 is 1.03 bits per heavy atom. The van der Waals surface area contributed by atoms with E-state index in [4.69, 9.17) is 5.10 Å². The first-order valence-electron chi connectivity index (χ1n) is 13.3. The van der Waals surface area contributed by atoms with Crippen molar-refractivity contribution in [1.29, 1.82) is 0 Å². The molecule has 0 aromatic carbocycles. The van der Waals surface area contributed by atoms with E-state index < -0.39 is 0 Å². The Kier molecular flexibility index (Phi) is 4.64. The molecule has 7 rings (SSSR count). The second kappa shape index (κ2) is 7.09. The number of amides is 1. The zero-order chi connectivity index (χ0) is 21.4. The molecule has 3 unspecified atom stereocenters. The highest BCUT2D eigenvalue weighted by Crippen LogP contribution is 2.60. The lowest BCUT2D eigenvalue weighted by molar-refractivity contribution is 0.0866. The lowest BCUT2D eigenvalue weighted by Crippen LogP contribution is -2.49. The van der Waals surface area contributed by atoms with Crippen LogP contribution >= 0.6 is 0 Å². The Bertz CT molecular complexity index is 858. The molecule has 1 amide bonds. The Morgan fingerprint density at radius 3 is 2.42 bits per heavy atom. The zero-order valence-electron chi connectivity index (χ0n) is 19.9. The first kappa shape index (κ1) is 20.3. The number of nitrogens with zero attached hydrogens (tertiary/aromatic N) is 2. The summed E-state index contributed by atoms with van der Waals surface area (Å²) in [7, 11) is 0. The van der Waals surface area contributed by atoms with Gasteiger partial charge in [-0.25, -0.2) is 0 Å². The summed E-state index contributed by atoms with van der Waals surface area (Å²) in [5.74, 6) is 3.22. The van der Waals surface area contributed by atoms with Crippen LogP contribution in [0.15, 0.2) is 0 Å². The fraction of sp³-hybridized carbons (Fsp3) is 0.852. The summed E-state index contributed by atoms with van der Waals surface area (Å²) in [5, 5.41) is 8.76. The van der Waals surface area contributed by atoms with Crippen molar-refractivity contribution >= 4 is 5.91 Å². The molecule has 170 valence electrons. The zero-order valence-corrected chi connectivity index (χ0v) is 19.9. The first-order valence-corrected chi connectivity index (χ1v) is 13.3. The second-order valence-electron chi connectivity index (χ2n) is 13.0. The van der Waals surface area contributed by atoms with Crippen LogP contribution in [0.3, 0.4) is 0 Å². The Labute approximate surface area is 187 Å². The van der Waals surface area contributed by atoms with E-state index in [0.717, 1.165) is 36.3 Å². The van der Waals surface area contributed by atoms with E-state index in [-0.39, 0.29) is 16.9 Å². The van der Waals surface area contributed by atoms with E-state index >= 15 is 0 Å². The fourth-order valence-electron chi connectivity index (χ4n) is 8.48. The molecule has 6 aliphatic carbocycles. The molecule has 0 spiro atoms. The highest BCUT2D eigenvalue weighted by Gasteiger charge is 2.58. The van der Waals surface area contributed by atoms with Gasteiger partial charge in [0.05, 0.1) is 6.04 Å². The maximum atomic E-state index is 13.8. The van der Waals surface area contributed by atoms with Crippen molar-refractivity contribution in [3.63, 3.8) is 0 Å². The predicted octanol–water partition coefficient (Wildman–Crippen LogP) is 5.85. The van der Waals surface area contributed by atoms with Crippen LogP contribution in [0.5, 0.6) is 0 Å². The van der Waals surface area contributed by atoms with Gasteiger partial charge in [-0.2, -0.15) is 5.10 Å². The number of rotatable bonds is 3. The molecule has 3 atom stereocenters. The predicted molar refractivity (Wildman–Crippen MR) is 123 cm³/mol. The maximum absolute atomic E-state index is 13.8. The highest BCUT2D eigenvalue weighted by molar-refractivity contribution is 5.94. The van der Waals surface area contributed by atoms with E-state index in [9.17, 15) is 4.79 Å². The van der Waals surface area contributed by atoms with Crippen LogP contribution in [-0.4, -0.2) is 21.2 Å². The molecule has 4 nitrogen and oxygen atoms in total. The number of nitrogens with one attached hydrogen (secondary N) is 1. The van der Waals surface area contributed by atoms with E-state index in [1.54, 1.807) is 0 Å². The summed E-state index contributed by atoms with van der Waals surface area (Å²) in [6.45, 7) is 7.09. The summed E-state index contributed by atoms with van der Waals surface area (Å²) in [6, 6.07) is 0.506. The van der Waals surface area contributed by atoms with E-state index in [2.05, 4.69) is 30.8 Å². The van der Waals surface area contributed by atoms with Crippen molar-refractivity contribution in [2.24, 2.45) is 29.1 Å². The van der Waals surface area contributed by atoms with Gasteiger partial charge < -0.3 is 5.32 Å². The molecule has 5 fully saturated rings. The smallest absolute Gasteiger partial charge is 0.272 e. The van der Waals surface area contributed by atoms with Crippen LogP contribution in [0.2, 0.25) is 0 Å². The van der Waals surface area contributed by atoms with Gasteiger partial charge in [0.15, 0.2) is 5.69 Å². The van der Waals surface area contributed by atoms with Gasteiger partial charge in [-0.15, -0.1) is 0 Å². The summed E-state index contributed by atoms with van der Waals surface area (Å²) < 4.78 is 2.33. The minimum absolute atomic E-state index is 0.0876. The molecule has 1 N–H and O–H groups in total. The lowest BCUT2D eigenvalue weighted by atomic mass is 9.71. The van der Waals surface area contributed by atoms with Gasteiger partial charge >= 0.3 is 0 Å². The molecule has 4 bridgehead atoms. The van der Waals surface area contributed by atoms with Crippen molar-refractivity contribution in [2.75, 3.05) is 0 Å². The minimum atomic E-state index is 0.0876. The van der Waals surface area contributed by atoms with Gasteiger partial charge in [-0.3, -0.25) is 9.48 Å². The van der Waals surface area contributed by atoms with Crippen LogP contribution in [0.4, 0.5) is 0 Å². The molecular weight excluding hydrogens is 382 g/mol. The molecule has 1 heterocycles. The normalized spacial score (nSPS) is 37.3. The number of hydrogen-bond acceptors (Lipinski definition) is 2. The molecule has 6 aliphatic rings. The fourth-order valence-corrected chi connectivity index (χ4v) is 8.48. The number of fused-ring (bicyclic) bond motifs is 1. The molecule has 5 saturated carbocycles. The van der Waals surface area contributed by atoms with Crippen molar-refractivity contribution < 1.29 is 4.79 Å². The van der Waals surface area contributed by atoms with Crippen molar-refractivity contribution in [3.05, 3.63) is 17.0 Å². The van der Waals surface area contributed by atoms with Crippen LogP contribution < -0.4 is 5.32 Å². The minimum Gasteiger partial charge on any atom is -0.345 e. The third-order valence-corrected chi connectivity index (χ3v) is 10.0. The summed E-state index contributed by atoms with van der Waals surface area (Å²) in [4.78, 5) is 13.8. The van der Waals surface area contributed by atoms with Gasteiger partial charge in [0.25, 0.3) is 5.91 Å². The van der Waals surface area contributed by atoms with E-state index in [0.29, 0.717) is 12.0 Å². The van der Waals surface area contributed by atoms with Crippen LogP contribution in [0.1, 0.15) is 119 Å². The highest BCUT2D eigenvalue weighted by atomic mass is 16.2. The van der Waals surface area contributed by atoms with Crippen molar-refractivity contribution in [2.45, 2.75) is 116 Å². The van der Waals surface area contributed by atoms with Gasteiger partial charge in [0.2, 0.25) is 0 Å². The Balaban J connectivity index is 1.33. The molecule has 0 aliphatic heterocycles. The van der Waals surface area contributed by atoms with Gasteiger partial charge in [0, 0.05) is 16.8 Å². The molecule has 1 aromatic rings. The molecule has 0 radical (unpaired) electrons. The quantitative estimate of drug-likeness (QED) is 0.663. The van der Waals surface area contributed by atoms with Crippen LogP contribution in [0.25, 0.3) is 0 Å². The Morgan fingerprint density at radius 2 is 1.74 bits per heavy atom. The molecular formula is C27H41N3O. The monoisotopic (exact) mass is 423 g/mol. The third kappa shape index (κ3) is 3.30. The first-order chi connectivity index (χ1) is 14.8. The maximum Gasteiger partial charge on any atom is 0.272 e. The van der Waals surface area contributed by atoms with Gasteiger partial charge in [-0.1, -0.05) is 40.0 Å². The number of aromatic nitrogens is 2. The van der Waals surface area contributed by atoms with E-state index in [1.165, 1.54) is 81.9 Å². The summed E-state index contributed by atoms with van der Waals surface area (Å²) in [6.07, 6.45) is 16.3. The number of hydrogen-bond donors (Lipinski definition) is 1.